The molecule has 2 N–H and O–H groups in total. The maximum Gasteiger partial charge on any atom is 0.219 e. The predicted molar refractivity (Wildman–Crippen MR) is 77.4 cm³/mol. The molecule has 0 radical (unpaired) electrons. The lowest BCUT2D eigenvalue weighted by Crippen LogP contribution is -2.14. The molecule has 0 fully saturated rings. The third-order valence-electron chi connectivity index (χ3n) is 2.65. The second-order valence-electron chi connectivity index (χ2n) is 3.94. The van der Waals surface area contributed by atoms with E-state index in [0.29, 0.717) is 11.6 Å². The second kappa shape index (κ2) is 6.29. The maximum atomic E-state index is 13.7. The highest BCUT2D eigenvalue weighted by Crippen LogP contribution is 2.24. The second-order valence-corrected chi connectivity index (χ2v) is 4.38. The van der Waals surface area contributed by atoms with Crippen molar-refractivity contribution in [3.8, 4) is 11.6 Å². The molecule has 1 heterocycles. The molecular formula is C14H13FN2O2S. The number of nitrogens with two attached hydrogens (primary N) is 1. The number of methoxy groups -OCH3 is 1. The lowest BCUT2D eigenvalue weighted by atomic mass is 10.2. The Morgan fingerprint density at radius 2 is 2.15 bits per heavy atom. The number of benzene rings is 1. The average molecular weight is 292 g/mol. The van der Waals surface area contributed by atoms with Crippen LogP contribution >= 0.6 is 12.2 Å². The fraction of sp³-hybridized carbons (Fsp3) is 0.143. The Bertz CT molecular complexity index is 634. The van der Waals surface area contributed by atoms with Crippen LogP contribution in [0.1, 0.15) is 11.1 Å². The summed E-state index contributed by atoms with van der Waals surface area (Å²) in [5, 5.41) is 0. The van der Waals surface area contributed by atoms with E-state index >= 15 is 0 Å². The average Bonchev–Trinajstić information content (AvgIpc) is 2.45. The van der Waals surface area contributed by atoms with Gasteiger partial charge in [0.05, 0.1) is 18.2 Å². The molecular weight excluding hydrogens is 279 g/mol. The smallest absolute Gasteiger partial charge is 0.219 e. The number of hydrogen-bond donors (Lipinski definition) is 1. The van der Waals surface area contributed by atoms with Gasteiger partial charge in [-0.25, -0.2) is 9.37 Å². The number of rotatable bonds is 5. The van der Waals surface area contributed by atoms with Gasteiger partial charge in [-0.15, -0.1) is 0 Å². The van der Waals surface area contributed by atoms with Crippen molar-refractivity contribution in [1.29, 1.82) is 0 Å². The van der Waals surface area contributed by atoms with Gasteiger partial charge in [-0.1, -0.05) is 18.3 Å². The Labute approximate surface area is 121 Å². The summed E-state index contributed by atoms with van der Waals surface area (Å²) in [6.45, 7) is 0.177. The van der Waals surface area contributed by atoms with Crippen molar-refractivity contribution in [1.82, 2.24) is 4.98 Å². The highest BCUT2D eigenvalue weighted by molar-refractivity contribution is 7.80. The fourth-order valence-electron chi connectivity index (χ4n) is 1.74. The molecule has 1 aromatic heterocycles. The monoisotopic (exact) mass is 292 g/mol. The zero-order chi connectivity index (χ0) is 14.5. The summed E-state index contributed by atoms with van der Waals surface area (Å²) in [7, 11) is 1.52. The molecule has 0 amide bonds. The van der Waals surface area contributed by atoms with Crippen LogP contribution in [0, 0.1) is 5.82 Å². The highest BCUT2D eigenvalue weighted by Gasteiger charge is 2.13. The van der Waals surface area contributed by atoms with Gasteiger partial charge in [-0.3, -0.25) is 0 Å². The van der Waals surface area contributed by atoms with Crippen LogP contribution in [0.2, 0.25) is 0 Å². The molecule has 0 unspecified atom stereocenters. The molecule has 20 heavy (non-hydrogen) atoms. The number of halogens is 1. The summed E-state index contributed by atoms with van der Waals surface area (Å²) in [6, 6.07) is 8.01. The minimum absolute atomic E-state index is 0.0451. The van der Waals surface area contributed by atoms with Gasteiger partial charge in [0.25, 0.3) is 0 Å². The van der Waals surface area contributed by atoms with E-state index < -0.39 is 5.82 Å². The largest absolute Gasteiger partial charge is 0.488 e. The number of ether oxygens (including phenoxy) is 2. The quantitative estimate of drug-likeness (QED) is 0.858. The van der Waals surface area contributed by atoms with Gasteiger partial charge in [0.2, 0.25) is 5.88 Å². The number of aromatic nitrogens is 1. The zero-order valence-corrected chi connectivity index (χ0v) is 11.6. The lowest BCUT2D eigenvalue weighted by molar-refractivity contribution is 0.292. The molecule has 0 bridgehead atoms. The van der Waals surface area contributed by atoms with Crippen LogP contribution in [0.15, 0.2) is 36.5 Å². The van der Waals surface area contributed by atoms with Crippen molar-refractivity contribution in [3.63, 3.8) is 0 Å². The molecule has 2 aromatic rings. The molecule has 0 atom stereocenters. The molecule has 104 valence electrons. The third kappa shape index (κ3) is 3.03. The van der Waals surface area contributed by atoms with E-state index in [1.807, 2.05) is 6.07 Å². The molecule has 0 spiro atoms. The van der Waals surface area contributed by atoms with Gasteiger partial charge < -0.3 is 15.2 Å². The molecule has 6 heteroatoms. The van der Waals surface area contributed by atoms with Crippen LogP contribution in [-0.2, 0) is 6.61 Å². The van der Waals surface area contributed by atoms with Crippen LogP contribution in [0.5, 0.6) is 11.6 Å². The highest BCUT2D eigenvalue weighted by atomic mass is 32.1. The van der Waals surface area contributed by atoms with E-state index in [0.717, 1.165) is 5.56 Å². The minimum atomic E-state index is -0.506. The number of nitrogens with zero attached hydrogens (tertiary/aromatic N) is 1. The van der Waals surface area contributed by atoms with Crippen molar-refractivity contribution < 1.29 is 13.9 Å². The first-order chi connectivity index (χ1) is 9.63. The number of hydrogen-bond acceptors (Lipinski definition) is 4. The molecule has 0 aliphatic rings. The van der Waals surface area contributed by atoms with Crippen molar-refractivity contribution in [3.05, 3.63) is 53.5 Å². The van der Waals surface area contributed by atoms with Crippen LogP contribution in [-0.4, -0.2) is 17.1 Å². The van der Waals surface area contributed by atoms with E-state index in [4.69, 9.17) is 27.4 Å². The SMILES string of the molecule is COc1ncccc1COc1cccc(F)c1C(N)=S. The van der Waals surface area contributed by atoms with E-state index in [9.17, 15) is 4.39 Å². The Morgan fingerprint density at radius 3 is 2.85 bits per heavy atom. The van der Waals surface area contributed by atoms with Crippen LogP contribution in [0.4, 0.5) is 4.39 Å². The number of pyridine rings is 1. The first-order valence-corrected chi connectivity index (χ1v) is 6.23. The molecule has 0 saturated carbocycles. The lowest BCUT2D eigenvalue weighted by Gasteiger charge is -2.12. The van der Waals surface area contributed by atoms with Gasteiger partial charge in [0.1, 0.15) is 23.2 Å². The van der Waals surface area contributed by atoms with Crippen LogP contribution in [0.25, 0.3) is 0 Å². The Morgan fingerprint density at radius 1 is 1.35 bits per heavy atom. The summed E-state index contributed by atoms with van der Waals surface area (Å²) in [5.41, 5.74) is 6.36. The van der Waals surface area contributed by atoms with Gasteiger partial charge >= 0.3 is 0 Å². The summed E-state index contributed by atoms with van der Waals surface area (Å²) in [5.74, 6) is 0.248. The van der Waals surface area contributed by atoms with Crippen molar-refractivity contribution >= 4 is 17.2 Å². The van der Waals surface area contributed by atoms with Crippen molar-refractivity contribution in [2.75, 3.05) is 7.11 Å². The van der Waals surface area contributed by atoms with Crippen LogP contribution in [0.3, 0.4) is 0 Å². The van der Waals surface area contributed by atoms with Gasteiger partial charge in [-0.05, 0) is 24.3 Å². The normalized spacial score (nSPS) is 10.1. The Balaban J connectivity index is 2.23. The van der Waals surface area contributed by atoms with Gasteiger partial charge in [-0.2, -0.15) is 0 Å². The first-order valence-electron chi connectivity index (χ1n) is 5.82. The maximum absolute atomic E-state index is 13.7. The molecule has 4 nitrogen and oxygen atoms in total. The summed E-state index contributed by atoms with van der Waals surface area (Å²) in [6.07, 6.45) is 1.62. The molecule has 1 aromatic carbocycles. The molecule has 0 aliphatic carbocycles. The third-order valence-corrected chi connectivity index (χ3v) is 2.85. The molecule has 2 rings (SSSR count). The topological polar surface area (TPSA) is 57.4 Å². The standard InChI is InChI=1S/C14H13FN2O2S/c1-18-14-9(4-3-7-17-14)8-19-11-6-2-5-10(15)12(11)13(16)20/h2-7H,8H2,1H3,(H2,16,20). The summed E-state index contributed by atoms with van der Waals surface area (Å²) < 4.78 is 24.4. The summed E-state index contributed by atoms with van der Waals surface area (Å²) >= 11 is 4.84. The van der Waals surface area contributed by atoms with Crippen molar-refractivity contribution in [2.45, 2.75) is 6.61 Å². The van der Waals surface area contributed by atoms with Crippen LogP contribution < -0.4 is 15.2 Å². The summed E-state index contributed by atoms with van der Waals surface area (Å²) in [4.78, 5) is 4.01. The first kappa shape index (κ1) is 14.2. The zero-order valence-electron chi connectivity index (χ0n) is 10.8. The van der Waals surface area contributed by atoms with E-state index in [1.165, 1.54) is 19.2 Å². The Kier molecular flexibility index (Phi) is 4.47. The fourth-order valence-corrected chi connectivity index (χ4v) is 1.94. The van der Waals surface area contributed by atoms with Gasteiger partial charge in [0, 0.05) is 6.20 Å². The predicted octanol–water partition coefficient (Wildman–Crippen LogP) is 2.44. The van der Waals surface area contributed by atoms with E-state index in [1.54, 1.807) is 18.3 Å². The van der Waals surface area contributed by atoms with E-state index in [2.05, 4.69) is 4.98 Å². The molecule has 0 saturated heterocycles. The Hall–Kier alpha value is -2.21. The van der Waals surface area contributed by atoms with E-state index in [-0.39, 0.29) is 17.2 Å². The van der Waals surface area contributed by atoms with Crippen molar-refractivity contribution in [2.24, 2.45) is 5.73 Å². The minimum Gasteiger partial charge on any atom is -0.488 e. The number of thiocarbonyl (C=S) groups is 1. The molecule has 0 aliphatic heterocycles. The van der Waals surface area contributed by atoms with Gasteiger partial charge in [0.15, 0.2) is 0 Å².